The second-order valence-corrected chi connectivity index (χ2v) is 6.82. The fraction of sp³-hybridized carbons (Fsp3) is 0.450. The van der Waals surface area contributed by atoms with Crippen molar-refractivity contribution in [1.82, 2.24) is 15.2 Å². The Kier molecular flexibility index (Phi) is 5.83. The number of aromatic nitrogens is 1. The zero-order chi connectivity index (χ0) is 18.5. The Labute approximate surface area is 153 Å². The van der Waals surface area contributed by atoms with Crippen molar-refractivity contribution >= 4 is 22.7 Å². The fourth-order valence-corrected chi connectivity index (χ4v) is 3.57. The standard InChI is InChI=1S/C20H26N4O2/c1-14-12-17(16-7-2-3-8-18(16)23-14)20(26)24-11-5-4-6-15(24)13-22-19(25)9-10-21/h2-3,7-8,12,15H,4-6,9-11,13,21H2,1H3,(H,22,25). The Morgan fingerprint density at radius 1 is 1.31 bits per heavy atom. The highest BCUT2D eigenvalue weighted by Gasteiger charge is 2.28. The van der Waals surface area contributed by atoms with Crippen molar-refractivity contribution in [3.8, 4) is 0 Å². The van der Waals surface area contributed by atoms with Gasteiger partial charge in [-0.15, -0.1) is 0 Å². The highest BCUT2D eigenvalue weighted by molar-refractivity contribution is 6.06. The van der Waals surface area contributed by atoms with Crippen molar-refractivity contribution in [2.24, 2.45) is 5.73 Å². The molecular formula is C20H26N4O2. The number of nitrogens with zero attached hydrogens (tertiary/aromatic N) is 2. The molecule has 0 bridgehead atoms. The topological polar surface area (TPSA) is 88.3 Å². The Morgan fingerprint density at radius 2 is 2.12 bits per heavy atom. The van der Waals surface area contributed by atoms with Gasteiger partial charge in [-0.05, 0) is 38.3 Å². The highest BCUT2D eigenvalue weighted by Crippen LogP contribution is 2.24. The summed E-state index contributed by atoms with van der Waals surface area (Å²) in [7, 11) is 0. The minimum atomic E-state index is -0.0596. The maximum atomic E-state index is 13.3. The van der Waals surface area contributed by atoms with Crippen LogP contribution in [0.4, 0.5) is 0 Å². The molecule has 26 heavy (non-hydrogen) atoms. The molecular weight excluding hydrogens is 328 g/mol. The van der Waals surface area contributed by atoms with Gasteiger partial charge >= 0.3 is 0 Å². The smallest absolute Gasteiger partial charge is 0.254 e. The zero-order valence-corrected chi connectivity index (χ0v) is 15.2. The Hall–Kier alpha value is -2.47. The van der Waals surface area contributed by atoms with Crippen molar-refractivity contribution in [3.63, 3.8) is 0 Å². The number of hydrogen-bond donors (Lipinski definition) is 2. The quantitative estimate of drug-likeness (QED) is 0.860. The Morgan fingerprint density at radius 3 is 2.92 bits per heavy atom. The molecule has 6 heteroatoms. The number of pyridine rings is 1. The molecule has 3 rings (SSSR count). The van der Waals surface area contributed by atoms with E-state index < -0.39 is 0 Å². The van der Waals surface area contributed by atoms with Crippen LogP contribution in [0.1, 0.15) is 41.7 Å². The van der Waals surface area contributed by atoms with E-state index in [1.54, 1.807) is 0 Å². The summed E-state index contributed by atoms with van der Waals surface area (Å²) in [6.45, 7) is 3.43. The second-order valence-electron chi connectivity index (χ2n) is 6.82. The van der Waals surface area contributed by atoms with E-state index in [1.165, 1.54) is 0 Å². The summed E-state index contributed by atoms with van der Waals surface area (Å²) in [6.07, 6.45) is 3.27. The minimum Gasteiger partial charge on any atom is -0.354 e. The van der Waals surface area contributed by atoms with Crippen LogP contribution in [-0.4, -0.2) is 47.4 Å². The molecule has 1 unspecified atom stereocenters. The van der Waals surface area contributed by atoms with Gasteiger partial charge in [0.05, 0.1) is 11.1 Å². The number of carbonyl (C=O) groups excluding carboxylic acids is 2. The molecule has 1 saturated heterocycles. The van der Waals surface area contributed by atoms with Crippen LogP contribution < -0.4 is 11.1 Å². The van der Waals surface area contributed by atoms with Crippen LogP contribution in [0.25, 0.3) is 10.9 Å². The summed E-state index contributed by atoms with van der Waals surface area (Å²) in [5, 5.41) is 3.79. The largest absolute Gasteiger partial charge is 0.354 e. The van der Waals surface area contributed by atoms with Gasteiger partial charge in [-0.25, -0.2) is 0 Å². The number of nitrogens with one attached hydrogen (secondary N) is 1. The van der Waals surface area contributed by atoms with E-state index >= 15 is 0 Å². The van der Waals surface area contributed by atoms with E-state index in [0.29, 0.717) is 31.6 Å². The predicted molar refractivity (Wildman–Crippen MR) is 102 cm³/mol. The molecule has 138 valence electrons. The molecule has 1 aromatic heterocycles. The van der Waals surface area contributed by atoms with Crippen LogP contribution in [-0.2, 0) is 4.79 Å². The van der Waals surface area contributed by atoms with Gasteiger partial charge in [-0.2, -0.15) is 0 Å². The van der Waals surface area contributed by atoms with Crippen LogP contribution in [0.2, 0.25) is 0 Å². The molecule has 6 nitrogen and oxygen atoms in total. The van der Waals surface area contributed by atoms with E-state index in [2.05, 4.69) is 10.3 Å². The Balaban J connectivity index is 1.84. The van der Waals surface area contributed by atoms with Crippen molar-refractivity contribution in [3.05, 3.63) is 41.6 Å². The van der Waals surface area contributed by atoms with Crippen molar-refractivity contribution in [1.29, 1.82) is 0 Å². The molecule has 0 saturated carbocycles. The van der Waals surface area contributed by atoms with Crippen molar-refractivity contribution in [2.75, 3.05) is 19.6 Å². The number of amides is 2. The summed E-state index contributed by atoms with van der Waals surface area (Å²) >= 11 is 0. The average Bonchev–Trinajstić information content (AvgIpc) is 2.65. The lowest BCUT2D eigenvalue weighted by molar-refractivity contribution is -0.121. The van der Waals surface area contributed by atoms with Gasteiger partial charge in [0.25, 0.3) is 5.91 Å². The number of fused-ring (bicyclic) bond motifs is 1. The lowest BCUT2D eigenvalue weighted by Crippen LogP contribution is -2.49. The highest BCUT2D eigenvalue weighted by atomic mass is 16.2. The summed E-state index contributed by atoms with van der Waals surface area (Å²) in [4.78, 5) is 31.5. The lowest BCUT2D eigenvalue weighted by Gasteiger charge is -2.36. The van der Waals surface area contributed by atoms with E-state index in [0.717, 1.165) is 35.9 Å². The number of para-hydroxylation sites is 1. The van der Waals surface area contributed by atoms with E-state index in [4.69, 9.17) is 5.73 Å². The second kappa shape index (κ2) is 8.27. The first kappa shape index (κ1) is 18.3. The number of carbonyl (C=O) groups is 2. The summed E-state index contributed by atoms with van der Waals surface area (Å²) in [5.74, 6) is -0.0415. The molecule has 0 aliphatic carbocycles. The van der Waals surface area contributed by atoms with Crippen LogP contribution in [0.5, 0.6) is 0 Å². The summed E-state index contributed by atoms with van der Waals surface area (Å²) in [6, 6.07) is 9.61. The maximum absolute atomic E-state index is 13.3. The number of rotatable bonds is 5. The number of likely N-dealkylation sites (tertiary alicyclic amines) is 1. The minimum absolute atomic E-state index is 0.0180. The zero-order valence-electron chi connectivity index (χ0n) is 15.2. The van der Waals surface area contributed by atoms with Crippen molar-refractivity contribution in [2.45, 2.75) is 38.6 Å². The molecule has 1 aliphatic rings. The van der Waals surface area contributed by atoms with Crippen LogP contribution in [0, 0.1) is 6.92 Å². The molecule has 2 aromatic rings. The molecule has 2 heterocycles. The van der Waals surface area contributed by atoms with E-state index in [9.17, 15) is 9.59 Å². The van der Waals surface area contributed by atoms with Crippen LogP contribution in [0.15, 0.2) is 30.3 Å². The first-order valence-corrected chi connectivity index (χ1v) is 9.24. The number of aryl methyl sites for hydroxylation is 1. The summed E-state index contributed by atoms with van der Waals surface area (Å²) < 4.78 is 0. The third-order valence-corrected chi connectivity index (χ3v) is 4.87. The van der Waals surface area contributed by atoms with E-state index in [-0.39, 0.29) is 17.9 Å². The predicted octanol–water partition coefficient (Wildman–Crippen LogP) is 2.00. The number of piperidine rings is 1. The molecule has 1 aromatic carbocycles. The molecule has 1 atom stereocenters. The van der Waals surface area contributed by atoms with E-state index in [1.807, 2.05) is 42.2 Å². The number of benzene rings is 1. The van der Waals surface area contributed by atoms with Crippen LogP contribution in [0.3, 0.4) is 0 Å². The molecule has 0 radical (unpaired) electrons. The SMILES string of the molecule is Cc1cc(C(=O)N2CCCCC2CNC(=O)CCN)c2ccccc2n1. The molecule has 2 amide bonds. The third kappa shape index (κ3) is 4.02. The van der Waals surface area contributed by atoms with Gasteiger partial charge in [0.1, 0.15) is 0 Å². The molecule has 0 spiro atoms. The molecule has 1 aliphatic heterocycles. The monoisotopic (exact) mass is 354 g/mol. The van der Waals surface area contributed by atoms with Gasteiger partial charge < -0.3 is 16.0 Å². The maximum Gasteiger partial charge on any atom is 0.254 e. The van der Waals surface area contributed by atoms with Crippen molar-refractivity contribution < 1.29 is 9.59 Å². The van der Waals surface area contributed by atoms with Gasteiger partial charge in [0.2, 0.25) is 5.91 Å². The van der Waals surface area contributed by atoms with Gasteiger partial charge in [-0.1, -0.05) is 18.2 Å². The number of hydrogen-bond acceptors (Lipinski definition) is 4. The molecule has 1 fully saturated rings. The normalized spacial score (nSPS) is 17.3. The fourth-order valence-electron chi connectivity index (χ4n) is 3.57. The van der Waals surface area contributed by atoms with Gasteiger partial charge in [0, 0.05) is 43.2 Å². The number of nitrogens with two attached hydrogens (primary N) is 1. The first-order valence-electron chi connectivity index (χ1n) is 9.24. The molecule has 3 N–H and O–H groups in total. The summed E-state index contributed by atoms with van der Waals surface area (Å²) in [5.41, 5.74) is 7.78. The average molecular weight is 354 g/mol. The first-order chi connectivity index (χ1) is 12.6. The third-order valence-electron chi connectivity index (χ3n) is 4.87. The van der Waals surface area contributed by atoms with Gasteiger partial charge in [0.15, 0.2) is 0 Å². The Bertz CT molecular complexity index is 805. The van der Waals surface area contributed by atoms with Crippen LogP contribution >= 0.6 is 0 Å². The lowest BCUT2D eigenvalue weighted by atomic mass is 9.99. The van der Waals surface area contributed by atoms with Gasteiger partial charge in [-0.3, -0.25) is 14.6 Å².